The molecule has 0 spiro atoms. The maximum Gasteiger partial charge on any atom is 0.422 e. The van der Waals surface area contributed by atoms with Gasteiger partial charge in [-0.3, -0.25) is 4.79 Å². The normalized spacial score (nSPS) is 15.2. The zero-order chi connectivity index (χ0) is 22.1. The van der Waals surface area contributed by atoms with E-state index in [1.54, 1.807) is 13.0 Å². The Morgan fingerprint density at radius 2 is 1.93 bits per heavy atom. The second kappa shape index (κ2) is 8.41. The summed E-state index contributed by atoms with van der Waals surface area (Å²) in [5, 5.41) is 0. The van der Waals surface area contributed by atoms with E-state index < -0.39 is 24.2 Å². The van der Waals surface area contributed by atoms with Gasteiger partial charge in [-0.1, -0.05) is 6.92 Å². The molecule has 2 heterocycles. The number of fused-ring (bicyclic) bond motifs is 3. The van der Waals surface area contributed by atoms with Crippen LogP contribution >= 0.6 is 0 Å². The van der Waals surface area contributed by atoms with Crippen LogP contribution in [-0.2, 0) is 11.2 Å². The van der Waals surface area contributed by atoms with E-state index in [1.165, 1.54) is 25.4 Å². The first-order chi connectivity index (χ1) is 14.2. The maximum absolute atomic E-state index is 12.6. The molecule has 0 saturated heterocycles. The molecular formula is C21H22F3NO5. The first-order valence-electron chi connectivity index (χ1n) is 9.52. The Labute approximate surface area is 171 Å². The van der Waals surface area contributed by atoms with E-state index in [4.69, 9.17) is 14.2 Å². The number of nitrogens with zero attached hydrogens (tertiary/aromatic N) is 1. The summed E-state index contributed by atoms with van der Waals surface area (Å²) < 4.78 is 54.7. The maximum atomic E-state index is 12.6. The molecule has 0 N–H and O–H groups in total. The fraction of sp³-hybridized carbons (Fsp3) is 0.429. The number of alkyl halides is 3. The van der Waals surface area contributed by atoms with Gasteiger partial charge in [-0.15, -0.1) is 0 Å². The van der Waals surface area contributed by atoms with Crippen molar-refractivity contribution < 1.29 is 32.2 Å². The van der Waals surface area contributed by atoms with Gasteiger partial charge in [-0.05, 0) is 37.5 Å². The van der Waals surface area contributed by atoms with Crippen LogP contribution in [0.15, 0.2) is 29.2 Å². The topological polar surface area (TPSA) is 66.8 Å². The van der Waals surface area contributed by atoms with Crippen LogP contribution in [0.4, 0.5) is 13.2 Å². The van der Waals surface area contributed by atoms with Crippen molar-refractivity contribution in [1.29, 1.82) is 0 Å². The molecule has 1 atom stereocenters. The monoisotopic (exact) mass is 425 g/mol. The number of esters is 1. The number of carbonyl (C=O) groups excluding carboxylic acids is 1. The molecular weight excluding hydrogens is 403 g/mol. The van der Waals surface area contributed by atoms with Crippen molar-refractivity contribution in [3.05, 3.63) is 45.7 Å². The van der Waals surface area contributed by atoms with Gasteiger partial charge < -0.3 is 18.8 Å². The molecule has 1 unspecified atom stereocenters. The van der Waals surface area contributed by atoms with Crippen molar-refractivity contribution >= 4 is 5.97 Å². The summed E-state index contributed by atoms with van der Waals surface area (Å²) in [6.07, 6.45) is -1.80. The number of benzene rings is 1. The molecule has 1 aliphatic rings. The van der Waals surface area contributed by atoms with Crippen molar-refractivity contribution in [3.8, 4) is 22.8 Å². The highest BCUT2D eigenvalue weighted by molar-refractivity contribution is 5.89. The number of rotatable bonds is 6. The number of hydrogen-bond acceptors (Lipinski definition) is 5. The van der Waals surface area contributed by atoms with E-state index in [0.29, 0.717) is 24.1 Å². The van der Waals surface area contributed by atoms with E-state index in [-0.39, 0.29) is 29.7 Å². The number of pyridine rings is 1. The Hall–Kier alpha value is -2.97. The Bertz CT molecular complexity index is 1010. The minimum Gasteiger partial charge on any atom is -0.493 e. The van der Waals surface area contributed by atoms with E-state index in [9.17, 15) is 22.8 Å². The second-order valence-electron chi connectivity index (χ2n) is 6.89. The second-order valence-corrected chi connectivity index (χ2v) is 6.89. The lowest BCUT2D eigenvalue weighted by Gasteiger charge is -2.31. The van der Waals surface area contributed by atoms with Gasteiger partial charge in [-0.2, -0.15) is 13.2 Å². The van der Waals surface area contributed by atoms with Crippen LogP contribution < -0.4 is 14.9 Å². The molecule has 0 fully saturated rings. The Kier molecular flexibility index (Phi) is 6.09. The third-order valence-corrected chi connectivity index (χ3v) is 4.95. The standard InChI is InChI=1S/C21H22F3NO5/c1-4-13-6-12-7-19(30-11-21(22,23)24)18(28-3)8-14(12)16-9-17(26)15(10-25(13)16)20(27)29-5-2/h7-10,13H,4-6,11H2,1-3H3. The molecule has 1 aromatic carbocycles. The van der Waals surface area contributed by atoms with Gasteiger partial charge in [0.2, 0.25) is 0 Å². The number of aromatic nitrogens is 1. The van der Waals surface area contributed by atoms with Crippen LogP contribution in [-0.4, -0.2) is 37.0 Å². The van der Waals surface area contributed by atoms with Crippen molar-refractivity contribution in [2.24, 2.45) is 0 Å². The predicted octanol–water partition coefficient (Wildman–Crippen LogP) is 4.15. The predicted molar refractivity (Wildman–Crippen MR) is 103 cm³/mol. The van der Waals surface area contributed by atoms with E-state index in [1.807, 2.05) is 11.5 Å². The smallest absolute Gasteiger partial charge is 0.422 e. The summed E-state index contributed by atoms with van der Waals surface area (Å²) in [6, 6.07) is 4.34. The van der Waals surface area contributed by atoms with E-state index in [2.05, 4.69) is 0 Å². The number of halogens is 3. The van der Waals surface area contributed by atoms with Crippen LogP contribution in [0.2, 0.25) is 0 Å². The van der Waals surface area contributed by atoms with Crippen LogP contribution in [0.3, 0.4) is 0 Å². The molecule has 3 rings (SSSR count). The molecule has 0 radical (unpaired) electrons. The van der Waals surface area contributed by atoms with Gasteiger partial charge in [0.1, 0.15) is 5.56 Å². The first-order valence-corrected chi connectivity index (χ1v) is 9.52. The summed E-state index contributed by atoms with van der Waals surface area (Å²) >= 11 is 0. The third-order valence-electron chi connectivity index (χ3n) is 4.95. The summed E-state index contributed by atoms with van der Waals surface area (Å²) in [5.74, 6) is -0.573. The molecule has 0 amide bonds. The van der Waals surface area contributed by atoms with Crippen LogP contribution in [0.1, 0.15) is 42.2 Å². The first kappa shape index (κ1) is 21.7. The molecule has 6 nitrogen and oxygen atoms in total. The van der Waals surface area contributed by atoms with E-state index >= 15 is 0 Å². The number of hydrogen-bond donors (Lipinski definition) is 0. The molecule has 0 aliphatic carbocycles. The summed E-state index contributed by atoms with van der Waals surface area (Å²) in [4.78, 5) is 24.7. The highest BCUT2D eigenvalue weighted by atomic mass is 19.4. The zero-order valence-electron chi connectivity index (χ0n) is 16.8. The molecule has 0 saturated carbocycles. The molecule has 162 valence electrons. The molecule has 30 heavy (non-hydrogen) atoms. The van der Waals surface area contributed by atoms with Gasteiger partial charge in [0.05, 0.1) is 19.4 Å². The number of methoxy groups -OCH3 is 1. The minimum atomic E-state index is -4.48. The third kappa shape index (κ3) is 4.29. The lowest BCUT2D eigenvalue weighted by molar-refractivity contribution is -0.153. The highest BCUT2D eigenvalue weighted by Crippen LogP contribution is 2.42. The quantitative estimate of drug-likeness (QED) is 0.651. The molecule has 2 aromatic rings. The van der Waals surface area contributed by atoms with E-state index in [0.717, 1.165) is 5.56 Å². The van der Waals surface area contributed by atoms with Crippen LogP contribution in [0.25, 0.3) is 11.3 Å². The summed E-state index contributed by atoms with van der Waals surface area (Å²) in [5.41, 5.74) is 1.40. The Balaban J connectivity index is 2.11. The van der Waals surface area contributed by atoms with Crippen LogP contribution in [0.5, 0.6) is 11.5 Å². The van der Waals surface area contributed by atoms with Crippen molar-refractivity contribution in [1.82, 2.24) is 4.57 Å². The fourth-order valence-electron chi connectivity index (χ4n) is 3.56. The van der Waals surface area contributed by atoms with Crippen molar-refractivity contribution in [2.45, 2.75) is 38.9 Å². The van der Waals surface area contributed by atoms with Crippen molar-refractivity contribution in [3.63, 3.8) is 0 Å². The van der Waals surface area contributed by atoms with Crippen molar-refractivity contribution in [2.75, 3.05) is 20.3 Å². The Morgan fingerprint density at radius 3 is 2.53 bits per heavy atom. The van der Waals surface area contributed by atoms with Gasteiger partial charge in [0.15, 0.2) is 23.5 Å². The van der Waals surface area contributed by atoms with Gasteiger partial charge >= 0.3 is 12.1 Å². The molecule has 1 aromatic heterocycles. The number of carbonyl (C=O) groups is 1. The largest absolute Gasteiger partial charge is 0.493 e. The fourth-order valence-corrected chi connectivity index (χ4v) is 3.56. The van der Waals surface area contributed by atoms with Crippen LogP contribution in [0, 0.1) is 0 Å². The SMILES string of the molecule is CCOC(=O)c1cn2c(cc1=O)-c1cc(OC)c(OCC(F)(F)F)cc1CC2CC. The average molecular weight is 425 g/mol. The summed E-state index contributed by atoms with van der Waals surface area (Å²) in [7, 11) is 1.33. The minimum absolute atomic E-state index is 0.0117. The average Bonchev–Trinajstić information content (AvgIpc) is 2.70. The van der Waals surface area contributed by atoms with Gasteiger partial charge in [0.25, 0.3) is 0 Å². The lowest BCUT2D eigenvalue weighted by Crippen LogP contribution is -2.26. The molecule has 0 bridgehead atoms. The number of ether oxygens (including phenoxy) is 3. The molecule has 9 heteroatoms. The molecule has 1 aliphatic heterocycles. The van der Waals surface area contributed by atoms with Gasteiger partial charge in [-0.25, -0.2) is 4.79 Å². The summed E-state index contributed by atoms with van der Waals surface area (Å²) in [6.45, 7) is 2.33. The zero-order valence-corrected chi connectivity index (χ0v) is 16.8. The Morgan fingerprint density at radius 1 is 1.20 bits per heavy atom. The van der Waals surface area contributed by atoms with Gasteiger partial charge in [0, 0.05) is 23.9 Å². The highest BCUT2D eigenvalue weighted by Gasteiger charge is 2.31. The lowest BCUT2D eigenvalue weighted by atomic mass is 9.90.